The molecule has 1 saturated carbocycles. The zero-order valence-corrected chi connectivity index (χ0v) is 20.8. The van der Waals surface area contributed by atoms with Crippen LogP contribution >= 0.6 is 0 Å². The number of alkyl halides is 4. The highest BCUT2D eigenvalue weighted by atomic mass is 32.2. The molecule has 2 N–H and O–H groups in total. The van der Waals surface area contributed by atoms with Gasteiger partial charge in [-0.25, -0.2) is 12.8 Å². The van der Waals surface area contributed by atoms with Gasteiger partial charge in [0.15, 0.2) is 9.84 Å². The maximum Gasteiger partial charge on any atom is 0.407 e. The molecule has 2 aromatic rings. The maximum absolute atomic E-state index is 14.4. The van der Waals surface area contributed by atoms with Crippen LogP contribution in [0.15, 0.2) is 53.4 Å². The first kappa shape index (κ1) is 27.6. The molecule has 1 fully saturated rings. The largest absolute Gasteiger partial charge is 0.407 e. The van der Waals surface area contributed by atoms with Crippen LogP contribution in [0.4, 0.5) is 17.6 Å². The molecule has 6 nitrogen and oxygen atoms in total. The third-order valence-corrected chi connectivity index (χ3v) is 7.02. The summed E-state index contributed by atoms with van der Waals surface area (Å²) in [5.74, 6) is -0.864. The molecule has 1 unspecified atom stereocenters. The predicted octanol–water partition coefficient (Wildman–Crippen LogP) is 4.63. The Labute approximate surface area is 207 Å². The van der Waals surface area contributed by atoms with Crippen LogP contribution in [0.5, 0.6) is 0 Å². The molecule has 0 heterocycles. The van der Waals surface area contributed by atoms with Crippen LogP contribution in [0.1, 0.15) is 44.7 Å². The maximum atomic E-state index is 14.4. The Hall–Kier alpha value is -2.97. The summed E-state index contributed by atoms with van der Waals surface area (Å²) in [5.41, 5.74) is -2.08. The average Bonchev–Trinajstić information content (AvgIpc) is 3.54. The number of nitriles is 1. The number of benzene rings is 2. The molecule has 11 heteroatoms. The van der Waals surface area contributed by atoms with Gasteiger partial charge in [0.1, 0.15) is 17.2 Å². The number of rotatable bonds is 9. The molecule has 2 aromatic carbocycles. The Morgan fingerprint density at radius 2 is 1.53 bits per heavy atom. The Kier molecular flexibility index (Phi) is 7.54. The molecule has 3 rings (SSSR count). The number of amides is 1. The van der Waals surface area contributed by atoms with Crippen LogP contribution in [-0.2, 0) is 14.6 Å². The Morgan fingerprint density at radius 1 is 1.03 bits per heavy atom. The van der Waals surface area contributed by atoms with E-state index in [1.54, 1.807) is 12.1 Å². The predicted molar refractivity (Wildman–Crippen MR) is 126 cm³/mol. The van der Waals surface area contributed by atoms with Gasteiger partial charge in [-0.3, -0.25) is 10.1 Å². The Balaban J connectivity index is 1.86. The van der Waals surface area contributed by atoms with E-state index < -0.39 is 51.6 Å². The smallest absolute Gasteiger partial charge is 0.336 e. The highest BCUT2D eigenvalue weighted by Gasteiger charge is 2.48. The van der Waals surface area contributed by atoms with E-state index in [4.69, 9.17) is 0 Å². The van der Waals surface area contributed by atoms with E-state index in [2.05, 4.69) is 10.6 Å². The number of carbonyl (C=O) groups excluding carboxylic acids is 1. The standard InChI is InChI=1S/C25H27F4N3O3S/c1-23(2,26)14-20(22(33)32-24(15-30)12-13-24)31-21(25(27,28)29)18-6-4-16(5-7-18)17-8-10-19(11-9-17)36(3,34)35/h4-11,20-21,31H,12-14H2,1-3H3,(H,32,33)/t20?,21-/m0/s1. The summed E-state index contributed by atoms with van der Waals surface area (Å²) in [6.45, 7) is 2.33. The Morgan fingerprint density at radius 3 is 1.92 bits per heavy atom. The van der Waals surface area contributed by atoms with E-state index >= 15 is 0 Å². The summed E-state index contributed by atoms with van der Waals surface area (Å²) < 4.78 is 79.9. The van der Waals surface area contributed by atoms with Gasteiger partial charge >= 0.3 is 6.18 Å². The van der Waals surface area contributed by atoms with Crippen LogP contribution in [0.2, 0.25) is 0 Å². The highest BCUT2D eigenvalue weighted by molar-refractivity contribution is 7.90. The fraction of sp³-hybridized carbons (Fsp3) is 0.440. The van der Waals surface area contributed by atoms with Crippen molar-refractivity contribution in [3.8, 4) is 17.2 Å². The van der Waals surface area contributed by atoms with Crippen molar-refractivity contribution in [2.45, 2.75) is 67.5 Å². The van der Waals surface area contributed by atoms with Crippen molar-refractivity contribution in [1.29, 1.82) is 5.26 Å². The molecule has 1 aliphatic carbocycles. The van der Waals surface area contributed by atoms with Gasteiger partial charge in [0.05, 0.1) is 17.0 Å². The second-order valence-electron chi connectivity index (χ2n) is 9.72. The van der Waals surface area contributed by atoms with E-state index in [-0.39, 0.29) is 10.5 Å². The first-order chi connectivity index (χ1) is 16.5. The van der Waals surface area contributed by atoms with E-state index in [9.17, 15) is 36.0 Å². The van der Waals surface area contributed by atoms with Gasteiger partial charge in [0.2, 0.25) is 5.91 Å². The van der Waals surface area contributed by atoms with Crippen LogP contribution in [-0.4, -0.2) is 44.0 Å². The van der Waals surface area contributed by atoms with Crippen LogP contribution < -0.4 is 10.6 Å². The molecule has 0 radical (unpaired) electrons. The first-order valence-corrected chi connectivity index (χ1v) is 13.1. The number of sulfone groups is 1. The minimum atomic E-state index is -4.80. The summed E-state index contributed by atoms with van der Waals surface area (Å²) in [7, 11) is -3.39. The van der Waals surface area contributed by atoms with Gasteiger partial charge in [0.25, 0.3) is 0 Å². The van der Waals surface area contributed by atoms with Crippen LogP contribution in [0.3, 0.4) is 0 Å². The van der Waals surface area contributed by atoms with Crippen molar-refractivity contribution in [2.75, 3.05) is 6.26 Å². The molecule has 194 valence electrons. The summed E-state index contributed by atoms with van der Waals surface area (Å²) in [4.78, 5) is 12.9. The second kappa shape index (κ2) is 9.82. The topological polar surface area (TPSA) is 99.1 Å². The minimum Gasteiger partial charge on any atom is -0.336 e. The molecule has 0 aromatic heterocycles. The van der Waals surface area contributed by atoms with Crippen molar-refractivity contribution in [3.63, 3.8) is 0 Å². The number of nitrogens with zero attached hydrogens (tertiary/aromatic N) is 1. The molecule has 0 bridgehead atoms. The normalized spacial score (nSPS) is 17.1. The van der Waals surface area contributed by atoms with E-state index in [1.807, 2.05) is 6.07 Å². The summed E-state index contributed by atoms with van der Waals surface area (Å²) in [6, 6.07) is 9.47. The molecular formula is C25H27F4N3O3S. The van der Waals surface area contributed by atoms with Gasteiger partial charge in [-0.05, 0) is 55.5 Å². The lowest BCUT2D eigenvalue weighted by molar-refractivity contribution is -0.161. The number of hydrogen-bond donors (Lipinski definition) is 2. The van der Waals surface area contributed by atoms with Gasteiger partial charge in [-0.15, -0.1) is 0 Å². The average molecular weight is 526 g/mol. The number of nitrogens with one attached hydrogen (secondary N) is 2. The highest BCUT2D eigenvalue weighted by Crippen LogP contribution is 2.37. The summed E-state index contributed by atoms with van der Waals surface area (Å²) >= 11 is 0. The molecule has 36 heavy (non-hydrogen) atoms. The second-order valence-corrected chi connectivity index (χ2v) is 11.7. The molecular weight excluding hydrogens is 498 g/mol. The molecule has 0 aliphatic heterocycles. The lowest BCUT2D eigenvalue weighted by Gasteiger charge is -2.30. The van der Waals surface area contributed by atoms with Gasteiger partial charge in [-0.2, -0.15) is 18.4 Å². The molecule has 0 spiro atoms. The number of hydrogen-bond acceptors (Lipinski definition) is 5. The van der Waals surface area contributed by atoms with Crippen molar-refractivity contribution in [1.82, 2.24) is 10.6 Å². The zero-order valence-electron chi connectivity index (χ0n) is 20.0. The molecule has 1 amide bonds. The van der Waals surface area contributed by atoms with Crippen molar-refractivity contribution < 1.29 is 30.8 Å². The van der Waals surface area contributed by atoms with Crippen molar-refractivity contribution in [2.24, 2.45) is 0 Å². The summed E-state index contributed by atoms with van der Waals surface area (Å²) in [6.07, 6.45) is -3.49. The van der Waals surface area contributed by atoms with Gasteiger partial charge in [-0.1, -0.05) is 36.4 Å². The quantitative estimate of drug-likeness (QED) is 0.465. The number of carbonyl (C=O) groups is 1. The summed E-state index contributed by atoms with van der Waals surface area (Å²) in [5, 5.41) is 13.9. The van der Waals surface area contributed by atoms with Crippen LogP contribution in [0, 0.1) is 11.3 Å². The van der Waals surface area contributed by atoms with E-state index in [1.165, 1.54) is 50.2 Å². The van der Waals surface area contributed by atoms with Crippen LogP contribution in [0.25, 0.3) is 11.1 Å². The zero-order chi connectivity index (χ0) is 26.9. The van der Waals surface area contributed by atoms with Gasteiger partial charge in [0, 0.05) is 12.7 Å². The van der Waals surface area contributed by atoms with Crippen molar-refractivity contribution in [3.05, 3.63) is 54.1 Å². The molecule has 2 atom stereocenters. The van der Waals surface area contributed by atoms with E-state index in [0.717, 1.165) is 6.26 Å². The fourth-order valence-electron chi connectivity index (χ4n) is 3.77. The molecule has 0 saturated heterocycles. The fourth-order valence-corrected chi connectivity index (χ4v) is 4.40. The SMILES string of the molecule is CC(C)(F)CC(N[C@@H](c1ccc(-c2ccc(S(C)(=O)=O)cc2)cc1)C(F)(F)F)C(=O)NC1(C#N)CC1. The minimum absolute atomic E-state index is 0.119. The molecule has 1 aliphatic rings. The monoisotopic (exact) mass is 525 g/mol. The van der Waals surface area contributed by atoms with E-state index in [0.29, 0.717) is 24.0 Å². The number of halogens is 4. The van der Waals surface area contributed by atoms with Crippen molar-refractivity contribution >= 4 is 15.7 Å². The third-order valence-electron chi connectivity index (χ3n) is 5.89. The first-order valence-electron chi connectivity index (χ1n) is 11.2. The third kappa shape index (κ3) is 7.04. The lowest BCUT2D eigenvalue weighted by atomic mass is 9.96. The Bertz CT molecular complexity index is 1240. The lowest BCUT2D eigenvalue weighted by Crippen LogP contribution is -2.53. The van der Waals surface area contributed by atoms with Gasteiger partial charge < -0.3 is 5.32 Å².